The standard InChI is InChI=1S/C16H19N3O5/c1-16(22,9-11-3-5-12(23-2)6-4-11)10-17-14(20)15(21)18-13-7-8-24-19-13/h3-8,22H,9-10H2,1-2H3,(H,17,20)(H,18,19,21)/t16-/m1/s1. The van der Waals surface area contributed by atoms with Gasteiger partial charge < -0.3 is 19.7 Å². The number of nitrogens with zero attached hydrogens (tertiary/aromatic N) is 1. The number of anilines is 1. The molecule has 2 rings (SSSR count). The number of carbonyl (C=O) groups is 2. The van der Waals surface area contributed by atoms with Crippen LogP contribution in [0.25, 0.3) is 0 Å². The largest absolute Gasteiger partial charge is 0.497 e. The number of ether oxygens (including phenoxy) is 1. The quantitative estimate of drug-likeness (QED) is 0.672. The average Bonchev–Trinajstić information content (AvgIpc) is 3.06. The van der Waals surface area contributed by atoms with Crippen LogP contribution in [0.2, 0.25) is 0 Å². The van der Waals surface area contributed by atoms with E-state index in [1.165, 1.54) is 12.3 Å². The maximum atomic E-state index is 11.7. The van der Waals surface area contributed by atoms with Gasteiger partial charge in [-0.05, 0) is 24.6 Å². The molecule has 2 amide bonds. The fourth-order valence-corrected chi connectivity index (χ4v) is 2.05. The van der Waals surface area contributed by atoms with Crippen LogP contribution >= 0.6 is 0 Å². The van der Waals surface area contributed by atoms with Gasteiger partial charge in [-0.25, -0.2) is 0 Å². The van der Waals surface area contributed by atoms with Crippen LogP contribution in [0, 0.1) is 0 Å². The Morgan fingerprint density at radius 1 is 1.25 bits per heavy atom. The first-order chi connectivity index (χ1) is 11.4. The number of methoxy groups -OCH3 is 1. The Kier molecular flexibility index (Phi) is 5.54. The third kappa shape index (κ3) is 5.10. The van der Waals surface area contributed by atoms with Crippen LogP contribution in [0.15, 0.2) is 41.1 Å². The van der Waals surface area contributed by atoms with Gasteiger partial charge in [0.25, 0.3) is 0 Å². The first-order valence-corrected chi connectivity index (χ1v) is 7.24. The molecule has 1 aromatic heterocycles. The Balaban J connectivity index is 1.84. The van der Waals surface area contributed by atoms with Crippen LogP contribution in [0.1, 0.15) is 12.5 Å². The van der Waals surface area contributed by atoms with E-state index in [0.717, 1.165) is 11.3 Å². The van der Waals surface area contributed by atoms with Gasteiger partial charge in [0.05, 0.1) is 12.7 Å². The molecule has 24 heavy (non-hydrogen) atoms. The van der Waals surface area contributed by atoms with Crippen molar-refractivity contribution in [2.45, 2.75) is 18.9 Å². The highest BCUT2D eigenvalue weighted by atomic mass is 16.5. The molecule has 0 saturated carbocycles. The van der Waals surface area contributed by atoms with Crippen LogP contribution < -0.4 is 15.4 Å². The molecule has 0 spiro atoms. The summed E-state index contributed by atoms with van der Waals surface area (Å²) >= 11 is 0. The third-order valence-corrected chi connectivity index (χ3v) is 3.26. The predicted octanol–water partition coefficient (Wildman–Crippen LogP) is 0.732. The minimum Gasteiger partial charge on any atom is -0.497 e. The van der Waals surface area contributed by atoms with Crippen LogP contribution in [-0.4, -0.2) is 41.3 Å². The molecule has 0 aliphatic heterocycles. The highest BCUT2D eigenvalue weighted by Crippen LogP contribution is 2.16. The molecule has 0 bridgehead atoms. The molecule has 8 nitrogen and oxygen atoms in total. The van der Waals surface area contributed by atoms with Crippen molar-refractivity contribution in [2.75, 3.05) is 19.0 Å². The summed E-state index contributed by atoms with van der Waals surface area (Å²) in [4.78, 5) is 23.4. The number of aliphatic hydroxyl groups is 1. The second-order valence-corrected chi connectivity index (χ2v) is 5.54. The Morgan fingerprint density at radius 2 is 1.96 bits per heavy atom. The topological polar surface area (TPSA) is 114 Å². The molecule has 8 heteroatoms. The van der Waals surface area contributed by atoms with E-state index in [9.17, 15) is 14.7 Å². The Morgan fingerprint density at radius 3 is 2.54 bits per heavy atom. The molecule has 0 fully saturated rings. The molecule has 1 heterocycles. The lowest BCUT2D eigenvalue weighted by atomic mass is 9.96. The number of benzene rings is 1. The lowest BCUT2D eigenvalue weighted by Crippen LogP contribution is -2.45. The molecular formula is C16H19N3O5. The van der Waals surface area contributed by atoms with E-state index in [1.807, 2.05) is 12.1 Å². The molecular weight excluding hydrogens is 314 g/mol. The van der Waals surface area contributed by atoms with E-state index in [2.05, 4.69) is 20.3 Å². The van der Waals surface area contributed by atoms with Gasteiger partial charge in [0.15, 0.2) is 5.82 Å². The zero-order valence-corrected chi connectivity index (χ0v) is 13.4. The maximum Gasteiger partial charge on any atom is 0.314 e. The van der Waals surface area contributed by atoms with Gasteiger partial charge in [-0.3, -0.25) is 14.9 Å². The van der Waals surface area contributed by atoms with Crippen molar-refractivity contribution in [1.82, 2.24) is 10.5 Å². The normalized spacial score (nSPS) is 13.0. The number of nitrogens with one attached hydrogen (secondary N) is 2. The fraction of sp³-hybridized carbons (Fsp3) is 0.312. The molecule has 0 radical (unpaired) electrons. The van der Waals surface area contributed by atoms with Gasteiger partial charge in [-0.2, -0.15) is 0 Å². The molecule has 0 aliphatic carbocycles. The van der Waals surface area contributed by atoms with Gasteiger partial charge in [0.1, 0.15) is 12.0 Å². The number of amides is 2. The van der Waals surface area contributed by atoms with Gasteiger partial charge in [-0.1, -0.05) is 17.3 Å². The highest BCUT2D eigenvalue weighted by Gasteiger charge is 2.24. The number of hydrogen-bond donors (Lipinski definition) is 3. The number of rotatable bonds is 6. The van der Waals surface area contributed by atoms with Crippen LogP contribution in [0.3, 0.4) is 0 Å². The Bertz CT molecular complexity index is 680. The van der Waals surface area contributed by atoms with Crippen molar-refractivity contribution in [3.05, 3.63) is 42.2 Å². The Hall–Kier alpha value is -2.87. The molecule has 0 unspecified atom stereocenters. The van der Waals surface area contributed by atoms with Gasteiger partial charge in [-0.15, -0.1) is 0 Å². The lowest BCUT2D eigenvalue weighted by molar-refractivity contribution is -0.136. The summed E-state index contributed by atoms with van der Waals surface area (Å²) in [6, 6.07) is 8.63. The van der Waals surface area contributed by atoms with Crippen molar-refractivity contribution in [1.29, 1.82) is 0 Å². The summed E-state index contributed by atoms with van der Waals surface area (Å²) in [5, 5.41) is 18.5. The van der Waals surface area contributed by atoms with Crippen LogP contribution in [0.4, 0.5) is 5.82 Å². The molecule has 128 valence electrons. The van der Waals surface area contributed by atoms with E-state index in [-0.39, 0.29) is 12.4 Å². The summed E-state index contributed by atoms with van der Waals surface area (Å²) in [7, 11) is 1.57. The fourth-order valence-electron chi connectivity index (χ4n) is 2.05. The molecule has 2 aromatic rings. The Labute approximate surface area is 138 Å². The minimum absolute atomic E-state index is 0.0793. The summed E-state index contributed by atoms with van der Waals surface area (Å²) in [6.45, 7) is 1.50. The van der Waals surface area contributed by atoms with E-state index >= 15 is 0 Å². The number of hydrogen-bond acceptors (Lipinski definition) is 6. The molecule has 0 saturated heterocycles. The maximum absolute atomic E-state index is 11.7. The average molecular weight is 333 g/mol. The summed E-state index contributed by atoms with van der Waals surface area (Å²) < 4.78 is 9.62. The molecule has 3 N–H and O–H groups in total. The van der Waals surface area contributed by atoms with E-state index < -0.39 is 17.4 Å². The second kappa shape index (κ2) is 7.60. The van der Waals surface area contributed by atoms with Crippen molar-refractivity contribution in [3.63, 3.8) is 0 Å². The van der Waals surface area contributed by atoms with Gasteiger partial charge >= 0.3 is 11.8 Å². The van der Waals surface area contributed by atoms with E-state index in [0.29, 0.717) is 6.42 Å². The van der Waals surface area contributed by atoms with Crippen LogP contribution in [0.5, 0.6) is 5.75 Å². The number of aromatic nitrogens is 1. The minimum atomic E-state index is -1.21. The van der Waals surface area contributed by atoms with E-state index in [4.69, 9.17) is 4.74 Å². The predicted molar refractivity (Wildman–Crippen MR) is 85.5 cm³/mol. The summed E-state index contributed by atoms with van der Waals surface area (Å²) in [5.74, 6) is -0.895. The van der Waals surface area contributed by atoms with Crippen molar-refractivity contribution >= 4 is 17.6 Å². The number of carbonyl (C=O) groups excluding carboxylic acids is 2. The molecule has 1 aromatic carbocycles. The lowest BCUT2D eigenvalue weighted by Gasteiger charge is -2.23. The summed E-state index contributed by atoms with van der Waals surface area (Å²) in [5.41, 5.74) is -0.333. The SMILES string of the molecule is COc1ccc(C[C@@](C)(O)CNC(=O)C(=O)Nc2ccon2)cc1. The molecule has 1 atom stereocenters. The second-order valence-electron chi connectivity index (χ2n) is 5.54. The van der Waals surface area contributed by atoms with Crippen molar-refractivity contribution in [3.8, 4) is 5.75 Å². The smallest absolute Gasteiger partial charge is 0.314 e. The first kappa shape index (κ1) is 17.5. The van der Waals surface area contributed by atoms with Crippen molar-refractivity contribution in [2.24, 2.45) is 0 Å². The van der Waals surface area contributed by atoms with Gasteiger partial charge in [0.2, 0.25) is 0 Å². The first-order valence-electron chi connectivity index (χ1n) is 7.24. The zero-order chi connectivity index (χ0) is 17.6. The molecule has 0 aliphatic rings. The van der Waals surface area contributed by atoms with Crippen LogP contribution in [-0.2, 0) is 16.0 Å². The third-order valence-electron chi connectivity index (χ3n) is 3.26. The summed E-state index contributed by atoms with van der Waals surface area (Å²) in [6.07, 6.45) is 1.58. The van der Waals surface area contributed by atoms with Crippen molar-refractivity contribution < 1.29 is 24.0 Å². The highest BCUT2D eigenvalue weighted by molar-refractivity contribution is 6.39. The van der Waals surface area contributed by atoms with Gasteiger partial charge in [0, 0.05) is 19.0 Å². The monoisotopic (exact) mass is 333 g/mol. The zero-order valence-electron chi connectivity index (χ0n) is 13.4. The van der Waals surface area contributed by atoms with E-state index in [1.54, 1.807) is 26.2 Å².